The number of rotatable bonds is 5. The number of pyridine rings is 1. The number of carbonyl (C=O) groups excluding carboxylic acids is 1. The van der Waals surface area contributed by atoms with Gasteiger partial charge in [0.2, 0.25) is 11.8 Å². The number of thiazole rings is 1. The fraction of sp³-hybridized carbons (Fsp3) is 0.444. The van der Waals surface area contributed by atoms with E-state index < -0.39 is 0 Å². The minimum absolute atomic E-state index is 0.100. The Labute approximate surface area is 161 Å². The van der Waals surface area contributed by atoms with Gasteiger partial charge in [0.25, 0.3) is 0 Å². The number of ether oxygens (including phenoxy) is 1. The Hall–Kier alpha value is -2.52. The summed E-state index contributed by atoms with van der Waals surface area (Å²) in [6, 6.07) is 2.35. The number of carbonyl (C=O) groups is 1. The molecule has 0 bridgehead atoms. The van der Waals surface area contributed by atoms with Gasteiger partial charge < -0.3 is 10.1 Å². The molecule has 0 aromatic carbocycles. The highest BCUT2D eigenvalue weighted by Gasteiger charge is 2.31. The third-order valence-electron chi connectivity index (χ3n) is 4.76. The van der Waals surface area contributed by atoms with Crippen molar-refractivity contribution in [3.05, 3.63) is 29.5 Å². The highest BCUT2D eigenvalue weighted by molar-refractivity contribution is 7.15. The second-order valence-corrected chi connectivity index (χ2v) is 8.03. The molecule has 8 nitrogen and oxygen atoms in total. The normalized spacial score (nSPS) is 20.3. The van der Waals surface area contributed by atoms with Crippen molar-refractivity contribution in [1.82, 2.24) is 24.6 Å². The molecular weight excluding hydrogens is 364 g/mol. The molecule has 0 radical (unpaired) electrons. The molecule has 0 aliphatic carbocycles. The van der Waals surface area contributed by atoms with E-state index in [0.29, 0.717) is 17.1 Å². The molecule has 2 unspecified atom stereocenters. The predicted molar refractivity (Wildman–Crippen MR) is 104 cm³/mol. The second kappa shape index (κ2) is 7.24. The average molecular weight is 386 g/mol. The number of fused-ring (bicyclic) bond motifs is 1. The van der Waals surface area contributed by atoms with Crippen molar-refractivity contribution in [2.45, 2.75) is 39.0 Å². The van der Waals surface area contributed by atoms with Gasteiger partial charge >= 0.3 is 0 Å². The van der Waals surface area contributed by atoms with E-state index in [1.807, 2.05) is 25.5 Å². The molecule has 4 heterocycles. The Morgan fingerprint density at radius 1 is 1.37 bits per heavy atom. The van der Waals surface area contributed by atoms with Crippen LogP contribution in [0.1, 0.15) is 25.1 Å². The zero-order valence-electron chi connectivity index (χ0n) is 15.5. The molecule has 1 saturated heterocycles. The topological polar surface area (TPSA) is 85.2 Å². The monoisotopic (exact) mass is 386 g/mol. The van der Waals surface area contributed by atoms with Crippen LogP contribution >= 0.6 is 11.3 Å². The third-order valence-corrected chi connectivity index (χ3v) is 5.65. The van der Waals surface area contributed by atoms with Crippen LogP contribution in [-0.4, -0.2) is 49.2 Å². The van der Waals surface area contributed by atoms with E-state index in [1.165, 1.54) is 18.3 Å². The summed E-state index contributed by atoms with van der Waals surface area (Å²) in [6.07, 6.45) is 6.50. The number of nitrogens with zero attached hydrogens (tertiary/aromatic N) is 5. The first kappa shape index (κ1) is 17.9. The van der Waals surface area contributed by atoms with E-state index in [-0.39, 0.29) is 12.0 Å². The lowest BCUT2D eigenvalue weighted by Crippen LogP contribution is -2.27. The number of hydrogen-bond donors (Lipinski definition) is 1. The summed E-state index contributed by atoms with van der Waals surface area (Å²) in [5.74, 6) is 0.539. The molecule has 0 spiro atoms. The van der Waals surface area contributed by atoms with Crippen molar-refractivity contribution in [3.63, 3.8) is 0 Å². The lowest BCUT2D eigenvalue weighted by atomic mass is 10.2. The zero-order valence-corrected chi connectivity index (χ0v) is 16.4. The smallest absolute Gasteiger partial charge is 0.223 e. The molecule has 3 aromatic rings. The SMILES string of the molecule is CC(=O)Nc1ncc(CN2CC(Oc3cc4cnn(C)c4cn3)CC2C)s1. The number of aromatic nitrogens is 4. The molecule has 1 fully saturated rings. The highest BCUT2D eigenvalue weighted by Crippen LogP contribution is 2.27. The van der Waals surface area contributed by atoms with Gasteiger partial charge in [-0.1, -0.05) is 0 Å². The average Bonchev–Trinajstić information content (AvgIpc) is 3.29. The Balaban J connectivity index is 1.38. The van der Waals surface area contributed by atoms with Crippen LogP contribution in [0.4, 0.5) is 5.13 Å². The number of likely N-dealkylation sites (tertiary alicyclic amines) is 1. The number of amides is 1. The van der Waals surface area contributed by atoms with Crippen molar-refractivity contribution in [1.29, 1.82) is 0 Å². The van der Waals surface area contributed by atoms with Crippen LogP contribution in [0.3, 0.4) is 0 Å². The molecule has 3 aromatic heterocycles. The fourth-order valence-electron chi connectivity index (χ4n) is 3.40. The van der Waals surface area contributed by atoms with E-state index in [4.69, 9.17) is 4.74 Å². The molecule has 9 heteroatoms. The Kier molecular flexibility index (Phi) is 4.79. The van der Waals surface area contributed by atoms with Crippen LogP contribution < -0.4 is 10.1 Å². The van der Waals surface area contributed by atoms with Crippen LogP contribution in [0.15, 0.2) is 24.7 Å². The van der Waals surface area contributed by atoms with Crippen molar-refractivity contribution in [3.8, 4) is 5.88 Å². The molecule has 1 N–H and O–H groups in total. The fourth-order valence-corrected chi connectivity index (χ4v) is 4.29. The van der Waals surface area contributed by atoms with Gasteiger partial charge in [0.1, 0.15) is 6.10 Å². The highest BCUT2D eigenvalue weighted by atomic mass is 32.1. The first-order valence-electron chi connectivity index (χ1n) is 8.88. The van der Waals surface area contributed by atoms with Gasteiger partial charge in [-0.15, -0.1) is 11.3 Å². The van der Waals surface area contributed by atoms with Crippen LogP contribution in [0.25, 0.3) is 10.9 Å². The van der Waals surface area contributed by atoms with Gasteiger partial charge in [-0.3, -0.25) is 14.4 Å². The lowest BCUT2D eigenvalue weighted by molar-refractivity contribution is -0.114. The number of hydrogen-bond acceptors (Lipinski definition) is 7. The first-order valence-corrected chi connectivity index (χ1v) is 9.70. The van der Waals surface area contributed by atoms with E-state index in [9.17, 15) is 4.79 Å². The number of aryl methyl sites for hydroxylation is 1. The van der Waals surface area contributed by atoms with E-state index >= 15 is 0 Å². The molecule has 1 aliphatic rings. The van der Waals surface area contributed by atoms with Gasteiger partial charge in [0.15, 0.2) is 5.13 Å². The zero-order chi connectivity index (χ0) is 19.0. The van der Waals surface area contributed by atoms with Crippen molar-refractivity contribution in [2.24, 2.45) is 7.05 Å². The molecular formula is C18H22N6O2S. The van der Waals surface area contributed by atoms with Crippen molar-refractivity contribution < 1.29 is 9.53 Å². The maximum atomic E-state index is 11.1. The maximum Gasteiger partial charge on any atom is 0.223 e. The van der Waals surface area contributed by atoms with Crippen LogP contribution in [-0.2, 0) is 18.4 Å². The predicted octanol–water partition coefficient (Wildman–Crippen LogP) is 2.43. The van der Waals surface area contributed by atoms with E-state index in [1.54, 1.807) is 10.9 Å². The molecule has 1 aliphatic heterocycles. The summed E-state index contributed by atoms with van der Waals surface area (Å²) >= 11 is 1.51. The molecule has 142 valence electrons. The minimum atomic E-state index is -0.100. The molecule has 27 heavy (non-hydrogen) atoms. The van der Waals surface area contributed by atoms with Gasteiger partial charge in [-0.2, -0.15) is 5.10 Å². The van der Waals surface area contributed by atoms with Gasteiger partial charge in [0, 0.05) is 62.1 Å². The van der Waals surface area contributed by atoms with Gasteiger partial charge in [0.05, 0.1) is 17.9 Å². The van der Waals surface area contributed by atoms with E-state index in [2.05, 4.69) is 32.2 Å². The lowest BCUT2D eigenvalue weighted by Gasteiger charge is -2.19. The van der Waals surface area contributed by atoms with Crippen molar-refractivity contribution >= 4 is 33.3 Å². The molecule has 0 saturated carbocycles. The van der Waals surface area contributed by atoms with E-state index in [0.717, 1.165) is 35.3 Å². The maximum absolute atomic E-state index is 11.1. The summed E-state index contributed by atoms with van der Waals surface area (Å²) in [5, 5.41) is 8.64. The van der Waals surface area contributed by atoms with Crippen LogP contribution in [0, 0.1) is 0 Å². The van der Waals surface area contributed by atoms with Gasteiger partial charge in [-0.25, -0.2) is 9.97 Å². The number of anilines is 1. The Morgan fingerprint density at radius 3 is 3.04 bits per heavy atom. The minimum Gasteiger partial charge on any atom is -0.473 e. The molecule has 4 rings (SSSR count). The summed E-state index contributed by atoms with van der Waals surface area (Å²) in [5.41, 5.74) is 0.990. The number of nitrogens with one attached hydrogen (secondary N) is 1. The largest absolute Gasteiger partial charge is 0.473 e. The molecule has 1 amide bonds. The summed E-state index contributed by atoms with van der Waals surface area (Å²) < 4.78 is 7.93. The summed E-state index contributed by atoms with van der Waals surface area (Å²) in [6.45, 7) is 5.33. The standard InChI is InChI=1S/C18H22N6O2S/c1-11-4-14(26-17-5-13-6-21-23(3)16(13)8-19-17)9-24(11)10-15-7-20-18(27-15)22-12(2)25/h5-8,11,14H,4,9-10H2,1-3H3,(H,20,22,25). The second-order valence-electron chi connectivity index (χ2n) is 6.92. The van der Waals surface area contributed by atoms with Gasteiger partial charge in [-0.05, 0) is 6.92 Å². The third kappa shape index (κ3) is 3.93. The quantitative estimate of drug-likeness (QED) is 0.725. The Morgan fingerprint density at radius 2 is 2.22 bits per heavy atom. The summed E-state index contributed by atoms with van der Waals surface area (Å²) in [4.78, 5) is 23.3. The molecule has 2 atom stereocenters. The Bertz CT molecular complexity index is 968. The van der Waals surface area contributed by atoms with Crippen LogP contribution in [0.2, 0.25) is 0 Å². The first-order chi connectivity index (χ1) is 13.0. The van der Waals surface area contributed by atoms with Crippen LogP contribution in [0.5, 0.6) is 5.88 Å². The summed E-state index contributed by atoms with van der Waals surface area (Å²) in [7, 11) is 1.90. The van der Waals surface area contributed by atoms with Crippen molar-refractivity contribution in [2.75, 3.05) is 11.9 Å².